The van der Waals surface area contributed by atoms with Gasteiger partial charge in [-0.05, 0) is 19.1 Å². The highest BCUT2D eigenvalue weighted by molar-refractivity contribution is 5.18. The molecule has 0 spiro atoms. The molecular formula is C12H18FN3. The minimum atomic E-state index is -0.278. The van der Waals surface area contributed by atoms with Crippen molar-refractivity contribution < 1.29 is 4.39 Å². The van der Waals surface area contributed by atoms with Gasteiger partial charge in [0.25, 0.3) is 0 Å². The van der Waals surface area contributed by atoms with Gasteiger partial charge in [0.05, 0.1) is 5.70 Å². The van der Waals surface area contributed by atoms with Crippen LogP contribution in [0.4, 0.5) is 4.39 Å². The topological polar surface area (TPSA) is 28.0 Å². The van der Waals surface area contributed by atoms with Gasteiger partial charge in [0.15, 0.2) is 0 Å². The monoisotopic (exact) mass is 223 g/mol. The van der Waals surface area contributed by atoms with E-state index in [4.69, 9.17) is 0 Å². The molecule has 0 saturated heterocycles. The molecule has 4 heteroatoms. The second-order valence-corrected chi connectivity index (χ2v) is 3.29. The largest absolute Gasteiger partial charge is 0.285 e. The van der Waals surface area contributed by atoms with Gasteiger partial charge in [-0.2, -0.15) is 0 Å². The van der Waals surface area contributed by atoms with E-state index in [-0.39, 0.29) is 5.83 Å². The van der Waals surface area contributed by atoms with Crippen molar-refractivity contribution in [1.29, 1.82) is 0 Å². The van der Waals surface area contributed by atoms with Crippen LogP contribution in [0.15, 0.2) is 58.8 Å². The lowest BCUT2D eigenvalue weighted by atomic mass is 10.3. The molecule has 0 aliphatic rings. The molecule has 0 aliphatic heterocycles. The van der Waals surface area contributed by atoms with Crippen molar-refractivity contribution in [3.63, 3.8) is 0 Å². The molecule has 0 aliphatic carbocycles. The summed E-state index contributed by atoms with van der Waals surface area (Å²) >= 11 is 0. The van der Waals surface area contributed by atoms with Crippen molar-refractivity contribution in [2.45, 2.75) is 13.3 Å². The fraction of sp³-hybridized carbons (Fsp3) is 0.333. The number of allylic oxidation sites excluding steroid dienone is 6. The smallest absolute Gasteiger partial charge is 0.122 e. The summed E-state index contributed by atoms with van der Waals surface area (Å²) in [6, 6.07) is 0. The summed E-state index contributed by atoms with van der Waals surface area (Å²) in [6.45, 7) is 5.48. The zero-order valence-corrected chi connectivity index (χ0v) is 10.0. The van der Waals surface area contributed by atoms with Crippen LogP contribution >= 0.6 is 0 Å². The zero-order chi connectivity index (χ0) is 12.4. The molecule has 0 heterocycles. The Kier molecular flexibility index (Phi) is 7.67. The maximum atomic E-state index is 12.8. The van der Waals surface area contributed by atoms with Crippen LogP contribution in [-0.2, 0) is 0 Å². The van der Waals surface area contributed by atoms with Gasteiger partial charge in [-0.15, -0.1) is 5.11 Å². The first-order chi connectivity index (χ1) is 7.56. The average Bonchev–Trinajstić information content (AvgIpc) is 2.22. The molecule has 0 atom stereocenters. The molecule has 16 heavy (non-hydrogen) atoms. The van der Waals surface area contributed by atoms with E-state index in [1.807, 2.05) is 0 Å². The first-order valence-corrected chi connectivity index (χ1v) is 4.98. The summed E-state index contributed by atoms with van der Waals surface area (Å²) in [4.78, 5) is 0. The summed E-state index contributed by atoms with van der Waals surface area (Å²) < 4.78 is 12.8. The van der Waals surface area contributed by atoms with Gasteiger partial charge in [-0.25, -0.2) is 4.39 Å². The van der Waals surface area contributed by atoms with Gasteiger partial charge in [0.2, 0.25) is 0 Å². The van der Waals surface area contributed by atoms with Gasteiger partial charge in [-0.3, -0.25) is 5.01 Å². The van der Waals surface area contributed by atoms with Crippen molar-refractivity contribution >= 4 is 0 Å². The second-order valence-electron chi connectivity index (χ2n) is 3.29. The van der Waals surface area contributed by atoms with Crippen molar-refractivity contribution in [1.82, 2.24) is 5.01 Å². The maximum Gasteiger partial charge on any atom is 0.122 e. The van der Waals surface area contributed by atoms with E-state index < -0.39 is 0 Å². The third kappa shape index (κ3) is 8.87. The van der Waals surface area contributed by atoms with E-state index in [1.54, 1.807) is 44.3 Å². The summed E-state index contributed by atoms with van der Waals surface area (Å²) in [7, 11) is 3.56. The molecule has 0 unspecified atom stereocenters. The summed E-state index contributed by atoms with van der Waals surface area (Å²) in [6.07, 6.45) is 8.38. The number of rotatable bonds is 6. The Hall–Kier alpha value is -1.71. The van der Waals surface area contributed by atoms with Crippen LogP contribution in [0.3, 0.4) is 0 Å². The summed E-state index contributed by atoms with van der Waals surface area (Å²) in [5, 5.41) is 9.23. The fourth-order valence-corrected chi connectivity index (χ4v) is 0.772. The standard InChI is InChI=1S/C12H18FN3/c1-5-8-12(13)10-7-6-9-11(2)14-15-16(3)4/h5-8,10H,2,9H2,1,3-4H3. The summed E-state index contributed by atoms with van der Waals surface area (Å²) in [5.74, 6) is -0.278. The lowest BCUT2D eigenvalue weighted by molar-refractivity contribution is 0.405. The van der Waals surface area contributed by atoms with Gasteiger partial charge in [-0.1, -0.05) is 30.0 Å². The van der Waals surface area contributed by atoms with Crippen molar-refractivity contribution in [2.75, 3.05) is 14.1 Å². The molecule has 0 aromatic heterocycles. The number of hydrogen-bond acceptors (Lipinski definition) is 2. The van der Waals surface area contributed by atoms with Crippen LogP contribution < -0.4 is 0 Å². The van der Waals surface area contributed by atoms with Crippen molar-refractivity contribution in [3.8, 4) is 0 Å². The number of hydrogen-bond donors (Lipinski definition) is 0. The molecule has 0 rings (SSSR count). The molecular weight excluding hydrogens is 205 g/mol. The first-order valence-electron chi connectivity index (χ1n) is 4.98. The second kappa shape index (κ2) is 8.59. The fourth-order valence-electron chi connectivity index (χ4n) is 0.772. The van der Waals surface area contributed by atoms with E-state index in [0.29, 0.717) is 12.1 Å². The Morgan fingerprint density at radius 1 is 1.44 bits per heavy atom. The summed E-state index contributed by atoms with van der Waals surface area (Å²) in [5.41, 5.74) is 0.629. The molecule has 0 bridgehead atoms. The van der Waals surface area contributed by atoms with Crippen molar-refractivity contribution in [3.05, 3.63) is 48.5 Å². The molecule has 0 amide bonds. The Bertz CT molecular complexity index is 325. The van der Waals surface area contributed by atoms with E-state index >= 15 is 0 Å². The molecule has 0 saturated carbocycles. The van der Waals surface area contributed by atoms with Crippen LogP contribution in [0, 0.1) is 0 Å². The van der Waals surface area contributed by atoms with Crippen LogP contribution in [0.2, 0.25) is 0 Å². The van der Waals surface area contributed by atoms with E-state index in [1.165, 1.54) is 12.2 Å². The quantitative estimate of drug-likeness (QED) is 0.382. The van der Waals surface area contributed by atoms with Crippen molar-refractivity contribution in [2.24, 2.45) is 10.3 Å². The van der Waals surface area contributed by atoms with E-state index in [9.17, 15) is 4.39 Å². The third-order valence-corrected chi connectivity index (χ3v) is 1.44. The molecule has 0 radical (unpaired) electrons. The lowest BCUT2D eigenvalue weighted by Gasteiger charge is -2.00. The minimum absolute atomic E-state index is 0.278. The highest BCUT2D eigenvalue weighted by Crippen LogP contribution is 2.04. The average molecular weight is 223 g/mol. The molecule has 88 valence electrons. The molecule has 0 fully saturated rings. The zero-order valence-electron chi connectivity index (χ0n) is 10.0. The van der Waals surface area contributed by atoms with Gasteiger partial charge in [0, 0.05) is 20.5 Å². The maximum absolute atomic E-state index is 12.8. The Morgan fingerprint density at radius 2 is 2.12 bits per heavy atom. The van der Waals surface area contributed by atoms with Gasteiger partial charge >= 0.3 is 0 Å². The SMILES string of the molecule is C=C(CC=CC=C(F)C=CC)N=NN(C)C. The van der Waals surface area contributed by atoms with Crippen LogP contribution in [0.25, 0.3) is 0 Å². The van der Waals surface area contributed by atoms with E-state index in [2.05, 4.69) is 16.9 Å². The highest BCUT2D eigenvalue weighted by atomic mass is 19.1. The number of halogens is 1. The van der Waals surface area contributed by atoms with Crippen LogP contribution in [0.5, 0.6) is 0 Å². The molecule has 0 N–H and O–H groups in total. The minimum Gasteiger partial charge on any atom is -0.285 e. The first kappa shape index (κ1) is 14.3. The molecule has 0 aromatic carbocycles. The predicted octanol–water partition coefficient (Wildman–Crippen LogP) is 3.80. The van der Waals surface area contributed by atoms with Gasteiger partial charge in [0.1, 0.15) is 5.83 Å². The highest BCUT2D eigenvalue weighted by Gasteiger charge is 1.87. The number of nitrogens with zero attached hydrogens (tertiary/aromatic N) is 3. The Balaban J connectivity index is 4.01. The molecule has 3 nitrogen and oxygen atoms in total. The lowest BCUT2D eigenvalue weighted by Crippen LogP contribution is -1.99. The van der Waals surface area contributed by atoms with Gasteiger partial charge < -0.3 is 0 Å². The van der Waals surface area contributed by atoms with E-state index in [0.717, 1.165) is 0 Å². The Morgan fingerprint density at radius 3 is 2.69 bits per heavy atom. The van der Waals surface area contributed by atoms with Crippen LogP contribution in [0.1, 0.15) is 13.3 Å². The van der Waals surface area contributed by atoms with Crippen LogP contribution in [-0.4, -0.2) is 19.1 Å². The normalized spacial score (nSPS) is 13.1. The predicted molar refractivity (Wildman–Crippen MR) is 65.4 cm³/mol. The molecule has 0 aromatic rings. The third-order valence-electron chi connectivity index (χ3n) is 1.44. The Labute approximate surface area is 96.3 Å².